The van der Waals surface area contributed by atoms with Crippen LogP contribution in [0.15, 0.2) is 29.2 Å². The number of aromatic nitrogens is 2. The second-order valence-corrected chi connectivity index (χ2v) is 9.44. The number of amides is 1. The average Bonchev–Trinajstić information content (AvgIpc) is 3.31. The maximum atomic E-state index is 13.0. The van der Waals surface area contributed by atoms with Gasteiger partial charge >= 0.3 is 0 Å². The topological polar surface area (TPSA) is 101 Å². The van der Waals surface area contributed by atoms with E-state index in [4.69, 9.17) is 4.74 Å². The molecule has 1 fully saturated rings. The highest BCUT2D eigenvalue weighted by atomic mass is 32.2. The summed E-state index contributed by atoms with van der Waals surface area (Å²) in [6, 6.07) is 5.39. The number of carbonyl (C=O) groups excluding carboxylic acids is 1. The first-order valence-corrected chi connectivity index (χ1v) is 10.9. The summed E-state index contributed by atoms with van der Waals surface area (Å²) in [7, 11) is -2.26. The van der Waals surface area contributed by atoms with Crippen LogP contribution in [0, 0.1) is 0 Å². The van der Waals surface area contributed by atoms with E-state index in [0.29, 0.717) is 30.3 Å². The number of benzene rings is 1. The van der Waals surface area contributed by atoms with Gasteiger partial charge in [0.2, 0.25) is 21.1 Å². The lowest BCUT2D eigenvalue weighted by Gasteiger charge is -2.23. The minimum absolute atomic E-state index is 0.140. The molecule has 1 aliphatic rings. The van der Waals surface area contributed by atoms with E-state index in [-0.39, 0.29) is 16.7 Å². The van der Waals surface area contributed by atoms with Crippen molar-refractivity contribution >= 4 is 32.4 Å². The molecule has 0 unspecified atom stereocenters. The second-order valence-electron chi connectivity index (χ2n) is 6.54. The van der Waals surface area contributed by atoms with Gasteiger partial charge in [0.1, 0.15) is 16.8 Å². The number of anilines is 1. The second kappa shape index (κ2) is 7.91. The van der Waals surface area contributed by atoms with Gasteiger partial charge in [0, 0.05) is 12.5 Å². The molecule has 1 N–H and O–H groups in total. The predicted octanol–water partition coefficient (Wildman–Crippen LogP) is 2.46. The van der Waals surface area contributed by atoms with E-state index < -0.39 is 16.1 Å². The van der Waals surface area contributed by atoms with Crippen molar-refractivity contribution in [1.29, 1.82) is 0 Å². The molecule has 0 bridgehead atoms. The number of methoxy groups -OCH3 is 1. The molecule has 27 heavy (non-hydrogen) atoms. The van der Waals surface area contributed by atoms with Gasteiger partial charge in [0.15, 0.2) is 0 Å². The quantitative estimate of drug-likeness (QED) is 0.785. The predicted molar refractivity (Wildman–Crippen MR) is 103 cm³/mol. The van der Waals surface area contributed by atoms with Crippen LogP contribution < -0.4 is 10.1 Å². The largest absolute Gasteiger partial charge is 0.497 e. The van der Waals surface area contributed by atoms with E-state index in [9.17, 15) is 13.2 Å². The van der Waals surface area contributed by atoms with Crippen LogP contribution in [-0.2, 0) is 14.8 Å². The van der Waals surface area contributed by atoms with E-state index in [1.807, 2.05) is 13.8 Å². The van der Waals surface area contributed by atoms with Crippen LogP contribution in [0.4, 0.5) is 5.13 Å². The summed E-state index contributed by atoms with van der Waals surface area (Å²) in [5.41, 5.74) is 0. The minimum atomic E-state index is -3.77. The Morgan fingerprint density at radius 2 is 2.00 bits per heavy atom. The zero-order chi connectivity index (χ0) is 19.6. The highest BCUT2D eigenvalue weighted by Gasteiger charge is 2.39. The molecule has 8 nitrogen and oxygen atoms in total. The van der Waals surface area contributed by atoms with Gasteiger partial charge in [-0.2, -0.15) is 4.31 Å². The van der Waals surface area contributed by atoms with Crippen molar-refractivity contribution in [2.75, 3.05) is 19.0 Å². The SMILES string of the molecule is COc1ccc(S(=O)(=O)N2CCC[C@@H]2C(=O)Nc2nnc(C(C)C)s2)cc1. The molecule has 146 valence electrons. The van der Waals surface area contributed by atoms with Gasteiger partial charge < -0.3 is 4.74 Å². The third-order valence-corrected chi connectivity index (χ3v) is 7.40. The summed E-state index contributed by atoms with van der Waals surface area (Å²) in [6.45, 7) is 4.29. The number of sulfonamides is 1. The summed E-state index contributed by atoms with van der Waals surface area (Å²) in [5.74, 6) is 0.407. The Labute approximate surface area is 162 Å². The van der Waals surface area contributed by atoms with Gasteiger partial charge in [-0.15, -0.1) is 10.2 Å². The number of hydrogen-bond donors (Lipinski definition) is 1. The van der Waals surface area contributed by atoms with E-state index in [1.54, 1.807) is 12.1 Å². The molecule has 2 aromatic rings. The molecule has 0 radical (unpaired) electrons. The normalized spacial score (nSPS) is 18.0. The van der Waals surface area contributed by atoms with Crippen molar-refractivity contribution in [2.24, 2.45) is 0 Å². The third-order valence-electron chi connectivity index (χ3n) is 4.34. The lowest BCUT2D eigenvalue weighted by molar-refractivity contribution is -0.119. The number of carbonyl (C=O) groups is 1. The molecule has 3 rings (SSSR count). The smallest absolute Gasteiger partial charge is 0.244 e. The molecule has 1 saturated heterocycles. The van der Waals surface area contributed by atoms with Crippen LogP contribution in [0.5, 0.6) is 5.75 Å². The van der Waals surface area contributed by atoms with E-state index in [2.05, 4.69) is 15.5 Å². The molecule has 0 spiro atoms. The molecule has 10 heteroatoms. The fourth-order valence-electron chi connectivity index (χ4n) is 2.88. The van der Waals surface area contributed by atoms with Gasteiger partial charge in [-0.1, -0.05) is 25.2 Å². The standard InChI is InChI=1S/C17H22N4O4S2/c1-11(2)16-19-20-17(26-16)18-15(22)14-5-4-10-21(14)27(23,24)13-8-6-12(25-3)7-9-13/h6-9,11,14H,4-5,10H2,1-3H3,(H,18,20,22)/t14-/m1/s1. The summed E-state index contributed by atoms with van der Waals surface area (Å²) < 4.78 is 32.3. The van der Waals surface area contributed by atoms with Gasteiger partial charge in [-0.25, -0.2) is 8.42 Å². The molecular formula is C17H22N4O4S2. The average molecular weight is 411 g/mol. The Hall–Kier alpha value is -2.04. The van der Waals surface area contributed by atoms with E-state index in [0.717, 1.165) is 5.01 Å². The van der Waals surface area contributed by atoms with E-state index in [1.165, 1.54) is 34.9 Å². The van der Waals surface area contributed by atoms with Crippen molar-refractivity contribution in [3.05, 3.63) is 29.3 Å². The third kappa shape index (κ3) is 4.12. The zero-order valence-corrected chi connectivity index (χ0v) is 17.0. The first kappa shape index (κ1) is 19.7. The van der Waals surface area contributed by atoms with Crippen LogP contribution in [0.3, 0.4) is 0 Å². The molecule has 0 aliphatic carbocycles. The van der Waals surface area contributed by atoms with E-state index >= 15 is 0 Å². The Morgan fingerprint density at radius 1 is 1.30 bits per heavy atom. The highest BCUT2D eigenvalue weighted by molar-refractivity contribution is 7.89. The van der Waals surface area contributed by atoms with Crippen LogP contribution in [0.1, 0.15) is 37.6 Å². The van der Waals surface area contributed by atoms with Gasteiger partial charge in [-0.05, 0) is 37.1 Å². The number of rotatable bonds is 6. The lowest BCUT2D eigenvalue weighted by Crippen LogP contribution is -2.43. The summed E-state index contributed by atoms with van der Waals surface area (Å²) in [5, 5.41) is 11.9. The Balaban J connectivity index is 1.77. The molecule has 1 aromatic carbocycles. The lowest BCUT2D eigenvalue weighted by atomic mass is 10.2. The summed E-state index contributed by atoms with van der Waals surface area (Å²) in [6.07, 6.45) is 1.10. The van der Waals surface area contributed by atoms with Crippen molar-refractivity contribution in [2.45, 2.75) is 43.5 Å². The van der Waals surface area contributed by atoms with Crippen LogP contribution in [-0.4, -0.2) is 48.5 Å². The number of ether oxygens (including phenoxy) is 1. The minimum Gasteiger partial charge on any atom is -0.497 e. The maximum absolute atomic E-state index is 13.0. The van der Waals surface area contributed by atoms with Crippen LogP contribution in [0.25, 0.3) is 0 Å². The molecule has 1 aliphatic heterocycles. The molecule has 0 saturated carbocycles. The molecular weight excluding hydrogens is 388 g/mol. The number of hydrogen-bond acceptors (Lipinski definition) is 7. The van der Waals surface area contributed by atoms with Crippen LogP contribution >= 0.6 is 11.3 Å². The van der Waals surface area contributed by atoms with Crippen molar-refractivity contribution < 1.29 is 17.9 Å². The van der Waals surface area contributed by atoms with Crippen molar-refractivity contribution in [1.82, 2.24) is 14.5 Å². The van der Waals surface area contributed by atoms with Crippen molar-refractivity contribution in [3.63, 3.8) is 0 Å². The summed E-state index contributed by atoms with van der Waals surface area (Å²) in [4.78, 5) is 12.8. The van der Waals surface area contributed by atoms with Crippen molar-refractivity contribution in [3.8, 4) is 5.75 Å². The Kier molecular flexibility index (Phi) is 5.78. The van der Waals surface area contributed by atoms with Gasteiger partial charge in [0.05, 0.1) is 12.0 Å². The van der Waals surface area contributed by atoms with Gasteiger partial charge in [0.25, 0.3) is 0 Å². The fourth-order valence-corrected chi connectivity index (χ4v) is 5.29. The molecule has 1 atom stereocenters. The zero-order valence-electron chi connectivity index (χ0n) is 15.4. The monoisotopic (exact) mass is 410 g/mol. The van der Waals surface area contributed by atoms with Crippen LogP contribution in [0.2, 0.25) is 0 Å². The first-order chi connectivity index (χ1) is 12.8. The summed E-state index contributed by atoms with van der Waals surface area (Å²) >= 11 is 1.30. The Bertz CT molecular complexity index is 909. The van der Waals surface area contributed by atoms with Gasteiger partial charge in [-0.3, -0.25) is 10.1 Å². The maximum Gasteiger partial charge on any atom is 0.244 e. The fraction of sp³-hybridized carbons (Fsp3) is 0.471. The number of nitrogens with one attached hydrogen (secondary N) is 1. The Morgan fingerprint density at radius 3 is 2.59 bits per heavy atom. The highest BCUT2D eigenvalue weighted by Crippen LogP contribution is 2.29. The molecule has 1 amide bonds. The number of nitrogens with zero attached hydrogens (tertiary/aromatic N) is 3. The first-order valence-electron chi connectivity index (χ1n) is 8.63. The molecule has 1 aromatic heterocycles. The molecule has 2 heterocycles.